The second kappa shape index (κ2) is 4.37. The lowest BCUT2D eigenvalue weighted by molar-refractivity contribution is 1.48. The van der Waals surface area contributed by atoms with Gasteiger partial charge in [0.2, 0.25) is 0 Å². The van der Waals surface area contributed by atoms with E-state index in [9.17, 15) is 0 Å². The molecule has 0 heterocycles. The van der Waals surface area contributed by atoms with Gasteiger partial charge < -0.3 is 16.0 Å². The molecule has 0 amide bonds. The number of para-hydroxylation sites is 1. The minimum Gasteiger partial charge on any atom is -0.706 e. The Bertz CT molecular complexity index is 434. The van der Waals surface area contributed by atoms with Crippen LogP contribution in [0.15, 0.2) is 59.7 Å². The smallest absolute Gasteiger partial charge is 0.0397 e. The summed E-state index contributed by atoms with van der Waals surface area (Å²) in [5.41, 5.74) is 11.1. The van der Waals surface area contributed by atoms with E-state index in [0.29, 0.717) is 5.69 Å². The average Bonchev–Trinajstić information content (AvgIpc) is 2.31. The first kappa shape index (κ1) is 9.40. The van der Waals surface area contributed by atoms with Gasteiger partial charge in [-0.2, -0.15) is 0 Å². The number of hydrogen-bond donors (Lipinski definition) is 1. The summed E-state index contributed by atoms with van der Waals surface area (Å²) in [6, 6.07) is 17.1. The maximum Gasteiger partial charge on any atom is 0.0397 e. The molecule has 3 heteroatoms. The zero-order valence-electron chi connectivity index (χ0n) is 8.09. The van der Waals surface area contributed by atoms with Gasteiger partial charge in [-0.25, -0.2) is 0 Å². The lowest BCUT2D eigenvalue weighted by Crippen LogP contribution is -1.88. The number of hydrogen-bond acceptors (Lipinski definition) is 2. The van der Waals surface area contributed by atoms with Crippen molar-refractivity contribution in [1.29, 1.82) is 0 Å². The lowest BCUT2D eigenvalue weighted by atomic mass is 10.2. The van der Waals surface area contributed by atoms with E-state index in [0.717, 1.165) is 11.4 Å². The molecular weight excluding hydrogens is 186 g/mol. The van der Waals surface area contributed by atoms with E-state index in [1.54, 1.807) is 12.1 Å². The minimum atomic E-state index is 0.550. The van der Waals surface area contributed by atoms with Crippen LogP contribution in [0.2, 0.25) is 0 Å². The average molecular weight is 196 g/mol. The highest BCUT2D eigenvalue weighted by atomic mass is 15.0. The van der Waals surface area contributed by atoms with Crippen molar-refractivity contribution in [1.82, 2.24) is 0 Å². The van der Waals surface area contributed by atoms with Crippen LogP contribution in [0.25, 0.3) is 5.53 Å². The van der Waals surface area contributed by atoms with Crippen molar-refractivity contribution in [3.8, 4) is 0 Å². The second-order valence-corrected chi connectivity index (χ2v) is 3.14. The predicted molar refractivity (Wildman–Crippen MR) is 61.6 cm³/mol. The van der Waals surface area contributed by atoms with Crippen molar-refractivity contribution in [2.75, 3.05) is 5.32 Å². The molecule has 0 bridgehead atoms. The van der Waals surface area contributed by atoms with Crippen LogP contribution in [0.1, 0.15) is 0 Å². The molecule has 0 fully saturated rings. The summed E-state index contributed by atoms with van der Waals surface area (Å²) in [4.78, 5) is 0. The first-order chi connectivity index (χ1) is 7.38. The van der Waals surface area contributed by atoms with Crippen molar-refractivity contribution in [2.45, 2.75) is 0 Å². The molecule has 0 unspecified atom stereocenters. The van der Waals surface area contributed by atoms with Crippen LogP contribution >= 0.6 is 0 Å². The molecule has 0 aliphatic heterocycles. The van der Waals surface area contributed by atoms with Gasteiger partial charge in [-0.3, -0.25) is 0 Å². The fraction of sp³-hybridized carbons (Fsp3) is 0. The third-order valence-electron chi connectivity index (χ3n) is 2.05. The number of rotatable bonds is 3. The van der Waals surface area contributed by atoms with Gasteiger partial charge in [0.25, 0.3) is 0 Å². The zero-order valence-corrected chi connectivity index (χ0v) is 8.09. The third-order valence-corrected chi connectivity index (χ3v) is 2.05. The lowest BCUT2D eigenvalue weighted by Gasteiger charge is -2.06. The van der Waals surface area contributed by atoms with Crippen molar-refractivity contribution < 1.29 is 0 Å². The van der Waals surface area contributed by atoms with E-state index < -0.39 is 0 Å². The highest BCUT2D eigenvalue weighted by Gasteiger charge is 1.92. The Hall–Kier alpha value is -2.16. The molecule has 2 aromatic rings. The Balaban J connectivity index is 2.15. The quantitative estimate of drug-likeness (QED) is 0.738. The molecule has 0 aromatic heterocycles. The summed E-state index contributed by atoms with van der Waals surface area (Å²) in [7, 11) is 0. The van der Waals surface area contributed by atoms with E-state index in [4.69, 9.17) is 5.53 Å². The summed E-state index contributed by atoms with van der Waals surface area (Å²) in [6.45, 7) is 0. The fourth-order valence-corrected chi connectivity index (χ4v) is 1.30. The van der Waals surface area contributed by atoms with Crippen LogP contribution in [-0.2, 0) is 0 Å². The first-order valence-corrected chi connectivity index (χ1v) is 4.66. The van der Waals surface area contributed by atoms with E-state index in [-0.39, 0.29) is 0 Å². The van der Waals surface area contributed by atoms with Gasteiger partial charge in [-0.1, -0.05) is 18.2 Å². The fourth-order valence-electron chi connectivity index (χ4n) is 1.30. The van der Waals surface area contributed by atoms with Crippen LogP contribution < -0.4 is 5.32 Å². The number of nitrogens with zero attached hydrogens (tertiary/aromatic N) is 2. The van der Waals surface area contributed by atoms with Gasteiger partial charge in [0.05, 0.1) is 0 Å². The van der Waals surface area contributed by atoms with Gasteiger partial charge in [0.15, 0.2) is 0 Å². The highest BCUT2D eigenvalue weighted by Crippen LogP contribution is 2.19. The molecule has 0 aliphatic rings. The van der Waals surface area contributed by atoms with E-state index >= 15 is 0 Å². The summed E-state index contributed by atoms with van der Waals surface area (Å²) >= 11 is 0. The molecule has 3 nitrogen and oxygen atoms in total. The molecule has 2 aromatic carbocycles. The van der Waals surface area contributed by atoms with Gasteiger partial charge in [-0.05, 0) is 36.4 Å². The molecule has 2 rings (SSSR count). The van der Waals surface area contributed by atoms with Crippen molar-refractivity contribution >= 4 is 17.1 Å². The van der Waals surface area contributed by atoms with E-state index in [1.807, 2.05) is 42.5 Å². The Morgan fingerprint density at radius 3 is 2.00 bits per heavy atom. The summed E-state index contributed by atoms with van der Waals surface area (Å²) < 4.78 is 0. The van der Waals surface area contributed by atoms with E-state index in [1.165, 1.54) is 0 Å². The summed E-state index contributed by atoms with van der Waals surface area (Å²) in [5.74, 6) is 0. The highest BCUT2D eigenvalue weighted by molar-refractivity contribution is 5.61. The van der Waals surface area contributed by atoms with Gasteiger partial charge in [-0.15, -0.1) is 0 Å². The molecular formula is C12H10N3-. The predicted octanol–water partition coefficient (Wildman–Crippen LogP) is 4.08. The van der Waals surface area contributed by atoms with Crippen LogP contribution in [0.5, 0.6) is 0 Å². The van der Waals surface area contributed by atoms with Gasteiger partial charge >= 0.3 is 0 Å². The molecule has 0 radical (unpaired) electrons. The van der Waals surface area contributed by atoms with Crippen LogP contribution in [-0.4, -0.2) is 0 Å². The monoisotopic (exact) mass is 196 g/mol. The summed E-state index contributed by atoms with van der Waals surface area (Å²) in [6.07, 6.45) is 0. The van der Waals surface area contributed by atoms with Crippen LogP contribution in [0, 0.1) is 0 Å². The van der Waals surface area contributed by atoms with Gasteiger partial charge in [0, 0.05) is 17.1 Å². The molecule has 1 N–H and O–H groups in total. The van der Waals surface area contributed by atoms with Crippen molar-refractivity contribution in [3.05, 3.63) is 60.1 Å². The maximum atomic E-state index is 8.52. The normalized spacial score (nSPS) is 9.60. The largest absolute Gasteiger partial charge is 0.706 e. The molecule has 0 spiro atoms. The zero-order chi connectivity index (χ0) is 10.5. The SMILES string of the molecule is [N-]=Nc1ccc(Nc2ccccc2)cc1. The Morgan fingerprint density at radius 2 is 1.40 bits per heavy atom. The standard InChI is InChI=1S/C12H10N3/c13-15-12-8-6-11(7-9-12)14-10-4-2-1-3-5-10/h1-9,14H/q-1. The number of nitrogens with one attached hydrogen (secondary N) is 1. The minimum absolute atomic E-state index is 0.550. The third kappa shape index (κ3) is 2.40. The van der Waals surface area contributed by atoms with Crippen LogP contribution in [0.3, 0.4) is 0 Å². The first-order valence-electron chi connectivity index (χ1n) is 4.66. The van der Waals surface area contributed by atoms with Crippen LogP contribution in [0.4, 0.5) is 17.1 Å². The number of anilines is 2. The van der Waals surface area contributed by atoms with E-state index in [2.05, 4.69) is 10.4 Å². The number of benzene rings is 2. The Labute approximate surface area is 88.3 Å². The second-order valence-electron chi connectivity index (χ2n) is 3.14. The topological polar surface area (TPSA) is 46.7 Å². The molecule has 0 aliphatic carbocycles. The molecule has 0 saturated carbocycles. The van der Waals surface area contributed by atoms with Crippen molar-refractivity contribution in [3.63, 3.8) is 0 Å². The molecule has 15 heavy (non-hydrogen) atoms. The molecule has 0 atom stereocenters. The molecule has 74 valence electrons. The van der Waals surface area contributed by atoms with Gasteiger partial charge in [0.1, 0.15) is 0 Å². The Kier molecular flexibility index (Phi) is 2.74. The molecule has 0 saturated heterocycles. The Morgan fingerprint density at radius 1 is 0.800 bits per heavy atom. The summed E-state index contributed by atoms with van der Waals surface area (Å²) in [5, 5.41) is 6.32. The maximum absolute atomic E-state index is 8.52. The van der Waals surface area contributed by atoms with Crippen molar-refractivity contribution in [2.24, 2.45) is 5.11 Å².